The maximum absolute atomic E-state index is 13.4. The van der Waals surface area contributed by atoms with E-state index in [9.17, 15) is 9.90 Å². The van der Waals surface area contributed by atoms with Crippen molar-refractivity contribution < 1.29 is 14.4 Å². The Morgan fingerprint density at radius 3 is 2.62 bits per heavy atom. The number of benzene rings is 2. The van der Waals surface area contributed by atoms with Gasteiger partial charge >= 0.3 is 0 Å². The molecular formula is C23H25N2O3S+. The van der Waals surface area contributed by atoms with Crippen LogP contribution in [0.1, 0.15) is 31.9 Å². The second-order valence-corrected chi connectivity index (χ2v) is 8.22. The van der Waals surface area contributed by atoms with E-state index < -0.39 is 0 Å². The Hall–Kier alpha value is -2.70. The molecule has 0 unspecified atom stereocenters. The minimum Gasteiger partial charge on any atom is -0.507 e. The van der Waals surface area contributed by atoms with Crippen LogP contribution in [0, 0.1) is 0 Å². The van der Waals surface area contributed by atoms with Crippen LogP contribution in [0.25, 0.3) is 31.8 Å². The number of thiazole rings is 1. The largest absolute Gasteiger partial charge is 0.507 e. The number of aryl methyl sites for hydroxylation is 1. The van der Waals surface area contributed by atoms with Crippen molar-refractivity contribution in [1.29, 1.82) is 0 Å². The lowest BCUT2D eigenvalue weighted by molar-refractivity contribution is -0.910. The molecule has 0 bridgehead atoms. The molecule has 0 radical (unpaired) electrons. The molecule has 29 heavy (non-hydrogen) atoms. The van der Waals surface area contributed by atoms with Crippen molar-refractivity contribution in [2.45, 2.75) is 33.7 Å². The Kier molecular flexibility index (Phi) is 5.39. The quantitative estimate of drug-likeness (QED) is 0.509. The van der Waals surface area contributed by atoms with E-state index in [1.165, 1.54) is 22.5 Å². The zero-order chi connectivity index (χ0) is 20.5. The van der Waals surface area contributed by atoms with Crippen LogP contribution in [0.2, 0.25) is 0 Å². The number of quaternary nitrogens is 1. The molecule has 2 N–H and O–H groups in total. The number of aromatic hydroxyl groups is 1. The van der Waals surface area contributed by atoms with Crippen LogP contribution in [-0.4, -0.2) is 23.2 Å². The molecule has 150 valence electrons. The van der Waals surface area contributed by atoms with Gasteiger partial charge in [0.2, 0.25) is 5.43 Å². The minimum atomic E-state index is -0.101. The second-order valence-electron chi connectivity index (χ2n) is 7.19. The lowest BCUT2D eigenvalue weighted by Crippen LogP contribution is -3.10. The summed E-state index contributed by atoms with van der Waals surface area (Å²) in [5.41, 5.74) is 3.20. The number of rotatable bonds is 6. The lowest BCUT2D eigenvalue weighted by Gasteiger charge is -2.18. The second kappa shape index (κ2) is 7.97. The first-order chi connectivity index (χ1) is 14.1. The van der Waals surface area contributed by atoms with Gasteiger partial charge in [-0.05, 0) is 44.0 Å². The van der Waals surface area contributed by atoms with E-state index in [2.05, 4.69) is 18.8 Å². The first-order valence-corrected chi connectivity index (χ1v) is 10.9. The van der Waals surface area contributed by atoms with Crippen LogP contribution < -0.4 is 10.3 Å². The van der Waals surface area contributed by atoms with Gasteiger partial charge in [-0.15, -0.1) is 11.3 Å². The molecule has 0 aliphatic rings. The lowest BCUT2D eigenvalue weighted by atomic mass is 10.0. The zero-order valence-corrected chi connectivity index (χ0v) is 17.7. The summed E-state index contributed by atoms with van der Waals surface area (Å²) in [6.07, 6.45) is 2.14. The summed E-state index contributed by atoms with van der Waals surface area (Å²) in [5.74, 6) is 0.246. The third kappa shape index (κ3) is 3.43. The predicted octanol–water partition coefficient (Wildman–Crippen LogP) is 3.76. The standard InChI is InChI=1S/C23H24N2O3S/c1-4-14-11-15-21(27)17(23-24-18-9-7-8-10-19(18)29-23)13-28-22(15)16(20(14)26)12-25(5-2)6-3/h7-11,13,26H,4-6,12H2,1-3H3/p+1. The number of aromatic nitrogens is 1. The average molecular weight is 410 g/mol. The normalized spacial score (nSPS) is 11.7. The molecule has 4 aromatic rings. The molecule has 0 amide bonds. The number of phenolic OH excluding ortho intramolecular Hbond substituents is 1. The summed E-state index contributed by atoms with van der Waals surface area (Å²) < 4.78 is 7.00. The van der Waals surface area contributed by atoms with Crippen molar-refractivity contribution in [2.75, 3.05) is 13.1 Å². The molecule has 2 aromatic heterocycles. The smallest absolute Gasteiger partial charge is 0.202 e. The fraction of sp³-hybridized carbons (Fsp3) is 0.304. The molecular weight excluding hydrogens is 384 g/mol. The van der Waals surface area contributed by atoms with E-state index in [1.54, 1.807) is 6.07 Å². The molecule has 2 heterocycles. The zero-order valence-electron chi connectivity index (χ0n) is 16.9. The Morgan fingerprint density at radius 2 is 1.93 bits per heavy atom. The fourth-order valence-corrected chi connectivity index (χ4v) is 4.68. The van der Waals surface area contributed by atoms with Crippen molar-refractivity contribution in [2.24, 2.45) is 0 Å². The van der Waals surface area contributed by atoms with Crippen molar-refractivity contribution >= 4 is 32.5 Å². The Morgan fingerprint density at radius 1 is 1.17 bits per heavy atom. The van der Waals surface area contributed by atoms with E-state index >= 15 is 0 Å². The van der Waals surface area contributed by atoms with Crippen LogP contribution in [0.5, 0.6) is 5.75 Å². The van der Waals surface area contributed by atoms with Gasteiger partial charge in [-0.3, -0.25) is 4.79 Å². The van der Waals surface area contributed by atoms with Crippen molar-refractivity contribution in [3.8, 4) is 16.3 Å². The summed E-state index contributed by atoms with van der Waals surface area (Å²) in [5, 5.41) is 12.0. The number of para-hydroxylation sites is 1. The van der Waals surface area contributed by atoms with Crippen molar-refractivity contribution in [1.82, 2.24) is 4.98 Å². The number of nitrogens with zero attached hydrogens (tertiary/aromatic N) is 1. The highest BCUT2D eigenvalue weighted by atomic mass is 32.1. The molecule has 0 fully saturated rings. The van der Waals surface area contributed by atoms with Crippen LogP contribution >= 0.6 is 11.3 Å². The number of hydrogen-bond donors (Lipinski definition) is 2. The molecule has 0 saturated heterocycles. The van der Waals surface area contributed by atoms with Gasteiger partial charge in [-0.1, -0.05) is 19.1 Å². The summed E-state index contributed by atoms with van der Waals surface area (Å²) in [6, 6.07) is 9.61. The van der Waals surface area contributed by atoms with Gasteiger partial charge in [0.1, 0.15) is 29.1 Å². The Bertz CT molecular complexity index is 1210. The third-order valence-corrected chi connectivity index (χ3v) is 6.61. The molecule has 6 heteroatoms. The Labute approximate surface area is 173 Å². The van der Waals surface area contributed by atoms with Gasteiger partial charge in [0, 0.05) is 0 Å². The molecule has 5 nitrogen and oxygen atoms in total. The molecule has 0 aliphatic carbocycles. The van der Waals surface area contributed by atoms with E-state index in [1.807, 2.05) is 31.2 Å². The fourth-order valence-electron chi connectivity index (χ4n) is 3.71. The summed E-state index contributed by atoms with van der Waals surface area (Å²) >= 11 is 1.48. The van der Waals surface area contributed by atoms with Crippen molar-refractivity contribution in [3.63, 3.8) is 0 Å². The van der Waals surface area contributed by atoms with Crippen LogP contribution in [0.4, 0.5) is 0 Å². The van der Waals surface area contributed by atoms with Gasteiger partial charge in [-0.2, -0.15) is 0 Å². The maximum atomic E-state index is 13.4. The Balaban J connectivity index is 1.94. The van der Waals surface area contributed by atoms with E-state index in [0.717, 1.165) is 28.9 Å². The summed E-state index contributed by atoms with van der Waals surface area (Å²) in [6.45, 7) is 8.69. The van der Waals surface area contributed by atoms with Gasteiger partial charge in [0.05, 0.1) is 39.8 Å². The monoisotopic (exact) mass is 409 g/mol. The molecule has 2 aromatic carbocycles. The van der Waals surface area contributed by atoms with Gasteiger partial charge < -0.3 is 14.4 Å². The number of nitrogens with one attached hydrogen (secondary N) is 1. The van der Waals surface area contributed by atoms with E-state index in [0.29, 0.717) is 40.1 Å². The topological polar surface area (TPSA) is 67.8 Å². The first kappa shape index (κ1) is 19.6. The summed E-state index contributed by atoms with van der Waals surface area (Å²) in [7, 11) is 0. The molecule has 0 aliphatic heterocycles. The average Bonchev–Trinajstić information content (AvgIpc) is 3.17. The minimum absolute atomic E-state index is 0.101. The van der Waals surface area contributed by atoms with Crippen molar-refractivity contribution in [3.05, 3.63) is 57.9 Å². The maximum Gasteiger partial charge on any atom is 0.202 e. The molecule has 0 saturated carbocycles. The van der Waals surface area contributed by atoms with Crippen LogP contribution in [0.15, 0.2) is 45.8 Å². The highest BCUT2D eigenvalue weighted by Gasteiger charge is 2.22. The van der Waals surface area contributed by atoms with E-state index in [4.69, 9.17) is 4.42 Å². The third-order valence-electron chi connectivity index (χ3n) is 5.54. The SMILES string of the molecule is CCc1cc2c(=O)c(-c3nc4ccccc4s3)coc2c(C[NH+](CC)CC)c1O. The predicted molar refractivity (Wildman–Crippen MR) is 118 cm³/mol. The van der Waals surface area contributed by atoms with Gasteiger partial charge in [-0.25, -0.2) is 4.98 Å². The van der Waals surface area contributed by atoms with Gasteiger partial charge in [0.25, 0.3) is 0 Å². The van der Waals surface area contributed by atoms with E-state index in [-0.39, 0.29) is 11.2 Å². The first-order valence-electron chi connectivity index (χ1n) is 10.1. The molecule has 0 spiro atoms. The van der Waals surface area contributed by atoms with Crippen LogP contribution in [0.3, 0.4) is 0 Å². The van der Waals surface area contributed by atoms with Crippen LogP contribution in [-0.2, 0) is 13.0 Å². The molecule has 4 rings (SSSR count). The number of phenols is 1. The highest BCUT2D eigenvalue weighted by molar-refractivity contribution is 7.21. The summed E-state index contributed by atoms with van der Waals surface area (Å²) in [4.78, 5) is 19.3. The number of hydrogen-bond acceptors (Lipinski definition) is 5. The number of fused-ring (bicyclic) bond motifs is 2. The highest BCUT2D eigenvalue weighted by Crippen LogP contribution is 2.33. The molecule has 0 atom stereocenters. The van der Waals surface area contributed by atoms with Gasteiger partial charge in [0.15, 0.2) is 0 Å².